The van der Waals surface area contributed by atoms with Gasteiger partial charge in [-0.1, -0.05) is 12.8 Å². The molecule has 2 heterocycles. The molecule has 4 nitrogen and oxygen atoms in total. The van der Waals surface area contributed by atoms with E-state index in [0.717, 1.165) is 38.8 Å². The molecular formula is C12H17F3N4. The number of anilines is 2. The van der Waals surface area contributed by atoms with E-state index in [4.69, 9.17) is 0 Å². The average molecular weight is 274 g/mol. The van der Waals surface area contributed by atoms with Crippen molar-refractivity contribution in [3.05, 3.63) is 11.9 Å². The zero-order valence-electron chi connectivity index (χ0n) is 10.8. The maximum atomic E-state index is 12.8. The van der Waals surface area contributed by atoms with Gasteiger partial charge in [-0.15, -0.1) is 0 Å². The van der Waals surface area contributed by atoms with Crippen LogP contribution in [-0.4, -0.2) is 30.1 Å². The first-order valence-corrected chi connectivity index (χ1v) is 6.39. The van der Waals surface area contributed by atoms with Crippen molar-refractivity contribution in [1.82, 2.24) is 9.97 Å². The first-order valence-electron chi connectivity index (χ1n) is 6.39. The number of alkyl halides is 3. The highest BCUT2D eigenvalue weighted by Crippen LogP contribution is 2.29. The van der Waals surface area contributed by atoms with E-state index in [1.807, 2.05) is 4.90 Å². The third-order valence-corrected chi connectivity index (χ3v) is 3.15. The fourth-order valence-electron chi connectivity index (χ4n) is 2.15. The van der Waals surface area contributed by atoms with Crippen LogP contribution in [0.5, 0.6) is 0 Å². The number of nitrogens with zero attached hydrogens (tertiary/aromatic N) is 3. The van der Waals surface area contributed by atoms with E-state index in [2.05, 4.69) is 15.3 Å². The Kier molecular flexibility index (Phi) is 4.11. The lowest BCUT2D eigenvalue weighted by atomic mass is 10.2. The molecule has 0 unspecified atom stereocenters. The van der Waals surface area contributed by atoms with Crippen LogP contribution in [0.15, 0.2) is 6.07 Å². The van der Waals surface area contributed by atoms with Crippen LogP contribution in [0.4, 0.5) is 24.8 Å². The highest BCUT2D eigenvalue weighted by atomic mass is 19.4. The molecule has 0 saturated carbocycles. The molecule has 0 atom stereocenters. The SMILES string of the molecule is CNc1cc(N2CCCCCC2)nc(C(F)(F)F)n1. The molecule has 1 saturated heterocycles. The van der Waals surface area contributed by atoms with Gasteiger partial charge in [0.05, 0.1) is 0 Å². The zero-order chi connectivity index (χ0) is 13.9. The Bertz CT molecular complexity index is 425. The summed E-state index contributed by atoms with van der Waals surface area (Å²) in [6, 6.07) is 1.57. The van der Waals surface area contributed by atoms with E-state index in [9.17, 15) is 13.2 Å². The third kappa shape index (κ3) is 3.48. The minimum Gasteiger partial charge on any atom is -0.373 e. The molecule has 1 aromatic heterocycles. The number of rotatable bonds is 2. The highest BCUT2D eigenvalue weighted by Gasteiger charge is 2.35. The summed E-state index contributed by atoms with van der Waals surface area (Å²) >= 11 is 0. The largest absolute Gasteiger partial charge is 0.451 e. The van der Waals surface area contributed by atoms with E-state index in [1.165, 1.54) is 0 Å². The van der Waals surface area contributed by atoms with Gasteiger partial charge in [-0.3, -0.25) is 0 Å². The first kappa shape index (κ1) is 13.9. The molecule has 1 aliphatic heterocycles. The van der Waals surface area contributed by atoms with Crippen LogP contribution < -0.4 is 10.2 Å². The van der Waals surface area contributed by atoms with Gasteiger partial charge in [0, 0.05) is 26.2 Å². The zero-order valence-corrected chi connectivity index (χ0v) is 10.8. The van der Waals surface area contributed by atoms with Gasteiger partial charge >= 0.3 is 6.18 Å². The van der Waals surface area contributed by atoms with Gasteiger partial charge in [-0.05, 0) is 12.8 Å². The predicted octanol–water partition coefficient (Wildman–Crippen LogP) is 2.92. The van der Waals surface area contributed by atoms with Gasteiger partial charge in [-0.25, -0.2) is 9.97 Å². The van der Waals surface area contributed by atoms with Crippen molar-refractivity contribution < 1.29 is 13.2 Å². The second-order valence-electron chi connectivity index (χ2n) is 4.58. The van der Waals surface area contributed by atoms with Gasteiger partial charge in [0.15, 0.2) is 0 Å². The molecule has 0 aliphatic carbocycles. The van der Waals surface area contributed by atoms with Crippen molar-refractivity contribution in [3.63, 3.8) is 0 Å². The molecule has 0 spiro atoms. The van der Waals surface area contributed by atoms with Crippen LogP contribution in [0.3, 0.4) is 0 Å². The summed E-state index contributed by atoms with van der Waals surface area (Å²) in [5.74, 6) is -0.534. The molecule has 19 heavy (non-hydrogen) atoms. The van der Waals surface area contributed by atoms with Crippen molar-refractivity contribution in [2.24, 2.45) is 0 Å². The molecule has 7 heteroatoms. The van der Waals surface area contributed by atoms with Crippen molar-refractivity contribution >= 4 is 11.6 Å². The van der Waals surface area contributed by atoms with Crippen LogP contribution in [0.2, 0.25) is 0 Å². The summed E-state index contributed by atoms with van der Waals surface area (Å²) in [5, 5.41) is 2.66. The van der Waals surface area contributed by atoms with Crippen molar-refractivity contribution in [2.45, 2.75) is 31.9 Å². The Labute approximate surface area is 110 Å². The molecule has 106 valence electrons. The molecule has 0 radical (unpaired) electrons. The third-order valence-electron chi connectivity index (χ3n) is 3.15. The van der Waals surface area contributed by atoms with Gasteiger partial charge in [0.1, 0.15) is 11.6 Å². The molecule has 0 aromatic carbocycles. The highest BCUT2D eigenvalue weighted by molar-refractivity contribution is 5.49. The molecular weight excluding hydrogens is 257 g/mol. The summed E-state index contributed by atoms with van der Waals surface area (Å²) in [4.78, 5) is 9.04. The summed E-state index contributed by atoms with van der Waals surface area (Å²) in [5.41, 5.74) is 0. The molecule has 1 aromatic rings. The molecule has 0 bridgehead atoms. The monoisotopic (exact) mass is 274 g/mol. The van der Waals surface area contributed by atoms with Gasteiger partial charge in [0.2, 0.25) is 5.82 Å². The smallest absolute Gasteiger partial charge is 0.373 e. The normalized spacial score (nSPS) is 17.2. The van der Waals surface area contributed by atoms with Crippen LogP contribution in [-0.2, 0) is 6.18 Å². The number of hydrogen-bond donors (Lipinski definition) is 1. The summed E-state index contributed by atoms with van der Waals surface area (Å²) in [7, 11) is 1.55. The van der Waals surface area contributed by atoms with E-state index >= 15 is 0 Å². The Balaban J connectivity index is 2.33. The number of aromatic nitrogens is 2. The number of halogens is 3. The minimum atomic E-state index is -4.52. The van der Waals surface area contributed by atoms with E-state index in [0.29, 0.717) is 5.82 Å². The maximum Gasteiger partial charge on any atom is 0.451 e. The summed E-state index contributed by atoms with van der Waals surface area (Å²) in [6.07, 6.45) is -0.312. The first-order chi connectivity index (χ1) is 9.00. The van der Waals surface area contributed by atoms with Crippen LogP contribution in [0.1, 0.15) is 31.5 Å². The number of hydrogen-bond acceptors (Lipinski definition) is 4. The van der Waals surface area contributed by atoms with Crippen LogP contribution >= 0.6 is 0 Å². The van der Waals surface area contributed by atoms with Gasteiger partial charge in [-0.2, -0.15) is 13.2 Å². The Morgan fingerprint density at radius 2 is 1.74 bits per heavy atom. The lowest BCUT2D eigenvalue weighted by Crippen LogP contribution is -2.26. The minimum absolute atomic E-state index is 0.196. The van der Waals surface area contributed by atoms with E-state index in [1.54, 1.807) is 13.1 Å². The van der Waals surface area contributed by atoms with Crippen LogP contribution in [0, 0.1) is 0 Å². The Morgan fingerprint density at radius 3 is 2.26 bits per heavy atom. The summed E-state index contributed by atoms with van der Waals surface area (Å²) < 4.78 is 38.3. The topological polar surface area (TPSA) is 41.0 Å². The molecule has 1 aliphatic rings. The molecule has 1 N–H and O–H groups in total. The van der Waals surface area contributed by atoms with Crippen molar-refractivity contribution in [3.8, 4) is 0 Å². The lowest BCUT2D eigenvalue weighted by molar-refractivity contribution is -0.144. The Hall–Kier alpha value is -1.53. The van der Waals surface area contributed by atoms with E-state index in [-0.39, 0.29) is 5.82 Å². The maximum absolute atomic E-state index is 12.8. The second kappa shape index (κ2) is 5.63. The van der Waals surface area contributed by atoms with Gasteiger partial charge in [0.25, 0.3) is 0 Å². The standard InChI is InChI=1S/C12H17F3N4/c1-16-9-8-10(18-11(17-9)12(13,14)15)19-6-4-2-3-5-7-19/h8H,2-7H2,1H3,(H,16,17,18). The van der Waals surface area contributed by atoms with Crippen molar-refractivity contribution in [2.75, 3.05) is 30.4 Å². The lowest BCUT2D eigenvalue weighted by Gasteiger charge is -2.22. The number of nitrogens with one attached hydrogen (secondary N) is 1. The van der Waals surface area contributed by atoms with Crippen LogP contribution in [0.25, 0.3) is 0 Å². The fraction of sp³-hybridized carbons (Fsp3) is 0.667. The fourth-order valence-corrected chi connectivity index (χ4v) is 2.15. The Morgan fingerprint density at radius 1 is 1.11 bits per heavy atom. The predicted molar refractivity (Wildman–Crippen MR) is 67.3 cm³/mol. The average Bonchev–Trinajstić information content (AvgIpc) is 2.66. The van der Waals surface area contributed by atoms with Gasteiger partial charge < -0.3 is 10.2 Å². The molecule has 1 fully saturated rings. The quantitative estimate of drug-likeness (QED) is 0.900. The van der Waals surface area contributed by atoms with E-state index < -0.39 is 12.0 Å². The molecule has 2 rings (SSSR count). The summed E-state index contributed by atoms with van der Waals surface area (Å²) in [6.45, 7) is 1.49. The second-order valence-corrected chi connectivity index (χ2v) is 4.58. The van der Waals surface area contributed by atoms with Crippen molar-refractivity contribution in [1.29, 1.82) is 0 Å². The molecule has 0 amide bonds.